The Kier molecular flexibility index (Phi) is 3.54. The van der Waals surface area contributed by atoms with Crippen molar-refractivity contribution in [3.8, 4) is 0 Å². The first-order chi connectivity index (χ1) is 7.27. The number of nitrogens with one attached hydrogen (secondary N) is 1. The molecule has 0 saturated carbocycles. The summed E-state index contributed by atoms with van der Waals surface area (Å²) in [7, 11) is 0. The monoisotopic (exact) mass is 223 g/mol. The van der Waals surface area contributed by atoms with E-state index in [1.807, 2.05) is 0 Å². The third kappa shape index (κ3) is 2.67. The molecule has 2 heterocycles. The number of aryl methyl sites for hydroxylation is 1. The van der Waals surface area contributed by atoms with Crippen molar-refractivity contribution in [2.45, 2.75) is 26.2 Å². The molecule has 1 aliphatic heterocycles. The van der Waals surface area contributed by atoms with Crippen LogP contribution in [0, 0.1) is 12.8 Å². The Hall–Kier alpha value is -0.670. The molecule has 0 aromatic carbocycles. The average Bonchev–Trinajstić information content (AvgIpc) is 2.66. The lowest BCUT2D eigenvalue weighted by Gasteiger charge is -2.21. The van der Waals surface area contributed by atoms with Gasteiger partial charge in [-0.1, -0.05) is 0 Å². The molecular formula is C12H17NOS. The number of hydrogen-bond donors (Lipinski definition) is 1. The SMILES string of the molecule is Cc1ccsc1CC(=O)C1CCNCC1. The fourth-order valence-electron chi connectivity index (χ4n) is 2.03. The number of rotatable bonds is 3. The molecule has 2 rings (SSSR count). The first-order valence-electron chi connectivity index (χ1n) is 5.54. The number of piperidine rings is 1. The lowest BCUT2D eigenvalue weighted by molar-refractivity contribution is -0.122. The van der Waals surface area contributed by atoms with Crippen molar-refractivity contribution in [1.82, 2.24) is 5.32 Å². The summed E-state index contributed by atoms with van der Waals surface area (Å²) in [5, 5.41) is 5.36. The minimum Gasteiger partial charge on any atom is -0.317 e. The summed E-state index contributed by atoms with van der Waals surface area (Å²) in [4.78, 5) is 13.2. The van der Waals surface area contributed by atoms with Crippen molar-refractivity contribution in [2.24, 2.45) is 5.92 Å². The smallest absolute Gasteiger partial charge is 0.141 e. The summed E-state index contributed by atoms with van der Waals surface area (Å²) >= 11 is 1.71. The summed E-state index contributed by atoms with van der Waals surface area (Å²) in [6.45, 7) is 4.08. The van der Waals surface area contributed by atoms with Crippen LogP contribution >= 0.6 is 11.3 Å². The third-order valence-electron chi connectivity index (χ3n) is 3.10. The van der Waals surface area contributed by atoms with E-state index in [1.165, 1.54) is 10.4 Å². The van der Waals surface area contributed by atoms with Crippen LogP contribution in [0.1, 0.15) is 23.3 Å². The Labute approximate surface area is 94.7 Å². The molecule has 0 radical (unpaired) electrons. The molecule has 1 aromatic heterocycles. The molecule has 1 saturated heterocycles. The third-order valence-corrected chi connectivity index (χ3v) is 4.12. The first-order valence-corrected chi connectivity index (χ1v) is 6.41. The second kappa shape index (κ2) is 4.90. The molecule has 1 N–H and O–H groups in total. The van der Waals surface area contributed by atoms with Gasteiger partial charge < -0.3 is 5.32 Å². The molecule has 0 unspecified atom stereocenters. The lowest BCUT2D eigenvalue weighted by Crippen LogP contribution is -2.32. The van der Waals surface area contributed by atoms with Gasteiger partial charge in [0.05, 0.1) is 0 Å². The summed E-state index contributed by atoms with van der Waals surface area (Å²) < 4.78 is 0. The van der Waals surface area contributed by atoms with Crippen LogP contribution in [0.5, 0.6) is 0 Å². The van der Waals surface area contributed by atoms with E-state index in [-0.39, 0.29) is 0 Å². The molecule has 0 amide bonds. The van der Waals surface area contributed by atoms with Gasteiger partial charge in [0.2, 0.25) is 0 Å². The number of carbonyl (C=O) groups is 1. The summed E-state index contributed by atoms with van der Waals surface area (Å²) in [6, 6.07) is 2.09. The van der Waals surface area contributed by atoms with E-state index in [0.29, 0.717) is 18.1 Å². The molecule has 0 aliphatic carbocycles. The zero-order valence-electron chi connectivity index (χ0n) is 9.08. The maximum atomic E-state index is 12.0. The van der Waals surface area contributed by atoms with E-state index >= 15 is 0 Å². The standard InChI is InChI=1S/C12H17NOS/c1-9-4-7-15-12(9)8-11(14)10-2-5-13-6-3-10/h4,7,10,13H,2-3,5-6,8H2,1H3. The van der Waals surface area contributed by atoms with Crippen molar-refractivity contribution in [3.63, 3.8) is 0 Å². The molecule has 0 bridgehead atoms. The quantitative estimate of drug-likeness (QED) is 0.851. The second-order valence-corrected chi connectivity index (χ2v) is 5.19. The second-order valence-electron chi connectivity index (χ2n) is 4.19. The highest BCUT2D eigenvalue weighted by Crippen LogP contribution is 2.21. The number of ketones is 1. The van der Waals surface area contributed by atoms with Crippen LogP contribution in [-0.2, 0) is 11.2 Å². The minimum absolute atomic E-state index is 0.299. The fraction of sp³-hybridized carbons (Fsp3) is 0.583. The van der Waals surface area contributed by atoms with E-state index in [2.05, 4.69) is 23.7 Å². The molecule has 1 fully saturated rings. The van der Waals surface area contributed by atoms with Crippen LogP contribution in [0.4, 0.5) is 0 Å². The van der Waals surface area contributed by atoms with Gasteiger partial charge in [0.15, 0.2) is 0 Å². The zero-order chi connectivity index (χ0) is 10.7. The highest BCUT2D eigenvalue weighted by molar-refractivity contribution is 7.10. The molecule has 1 aliphatic rings. The number of thiophene rings is 1. The van der Waals surface area contributed by atoms with Gasteiger partial charge in [0, 0.05) is 17.2 Å². The van der Waals surface area contributed by atoms with E-state index in [1.54, 1.807) is 11.3 Å². The van der Waals surface area contributed by atoms with Crippen LogP contribution in [0.25, 0.3) is 0 Å². The van der Waals surface area contributed by atoms with Crippen molar-refractivity contribution in [1.29, 1.82) is 0 Å². The fourth-order valence-corrected chi connectivity index (χ4v) is 2.95. The Bertz CT molecular complexity index is 339. The normalized spacial score (nSPS) is 17.9. The van der Waals surface area contributed by atoms with Gasteiger partial charge >= 0.3 is 0 Å². The van der Waals surface area contributed by atoms with Crippen LogP contribution in [0.2, 0.25) is 0 Å². The van der Waals surface area contributed by atoms with E-state index in [0.717, 1.165) is 25.9 Å². The molecule has 2 nitrogen and oxygen atoms in total. The molecule has 1 aromatic rings. The Morgan fingerprint density at radius 3 is 2.87 bits per heavy atom. The van der Waals surface area contributed by atoms with Crippen molar-refractivity contribution >= 4 is 17.1 Å². The lowest BCUT2D eigenvalue weighted by atomic mass is 9.91. The predicted octanol–water partition coefficient (Wildman–Crippen LogP) is 2.17. The number of hydrogen-bond acceptors (Lipinski definition) is 3. The summed E-state index contributed by atoms with van der Waals surface area (Å²) in [5.41, 5.74) is 1.27. The Morgan fingerprint density at radius 1 is 1.53 bits per heavy atom. The van der Waals surface area contributed by atoms with E-state index < -0.39 is 0 Å². The van der Waals surface area contributed by atoms with Crippen LogP contribution in [0.15, 0.2) is 11.4 Å². The highest BCUT2D eigenvalue weighted by Gasteiger charge is 2.21. The molecular weight excluding hydrogens is 206 g/mol. The molecule has 0 atom stereocenters. The molecule has 82 valence electrons. The van der Waals surface area contributed by atoms with Gasteiger partial charge in [0.1, 0.15) is 5.78 Å². The number of carbonyl (C=O) groups excluding carboxylic acids is 1. The van der Waals surface area contributed by atoms with Gasteiger partial charge in [-0.3, -0.25) is 4.79 Å². The Morgan fingerprint density at radius 2 is 2.27 bits per heavy atom. The van der Waals surface area contributed by atoms with E-state index in [9.17, 15) is 4.79 Å². The first kappa shape index (κ1) is 10.8. The molecule has 15 heavy (non-hydrogen) atoms. The van der Waals surface area contributed by atoms with Crippen LogP contribution in [-0.4, -0.2) is 18.9 Å². The van der Waals surface area contributed by atoms with Crippen LogP contribution in [0.3, 0.4) is 0 Å². The van der Waals surface area contributed by atoms with Gasteiger partial charge in [-0.15, -0.1) is 11.3 Å². The maximum Gasteiger partial charge on any atom is 0.141 e. The predicted molar refractivity (Wildman–Crippen MR) is 63.4 cm³/mol. The summed E-state index contributed by atoms with van der Waals surface area (Å²) in [5.74, 6) is 0.731. The topological polar surface area (TPSA) is 29.1 Å². The van der Waals surface area contributed by atoms with Crippen molar-refractivity contribution in [2.75, 3.05) is 13.1 Å². The Balaban J connectivity index is 1.94. The largest absolute Gasteiger partial charge is 0.317 e. The van der Waals surface area contributed by atoms with Gasteiger partial charge in [-0.2, -0.15) is 0 Å². The van der Waals surface area contributed by atoms with Gasteiger partial charge in [-0.05, 0) is 49.9 Å². The van der Waals surface area contributed by atoms with Crippen molar-refractivity contribution < 1.29 is 4.79 Å². The summed E-state index contributed by atoms with van der Waals surface area (Å²) in [6.07, 6.45) is 2.68. The number of Topliss-reactive ketones (excluding diaryl/α,β-unsaturated/α-hetero) is 1. The molecule has 3 heteroatoms. The van der Waals surface area contributed by atoms with Crippen molar-refractivity contribution in [3.05, 3.63) is 21.9 Å². The van der Waals surface area contributed by atoms with E-state index in [4.69, 9.17) is 0 Å². The average molecular weight is 223 g/mol. The van der Waals surface area contributed by atoms with Gasteiger partial charge in [0.25, 0.3) is 0 Å². The highest BCUT2D eigenvalue weighted by atomic mass is 32.1. The minimum atomic E-state index is 0.299. The maximum absolute atomic E-state index is 12.0. The zero-order valence-corrected chi connectivity index (χ0v) is 9.90. The van der Waals surface area contributed by atoms with Gasteiger partial charge in [-0.25, -0.2) is 0 Å². The van der Waals surface area contributed by atoms with Crippen LogP contribution < -0.4 is 5.32 Å². The molecule has 0 spiro atoms.